The van der Waals surface area contributed by atoms with E-state index in [2.05, 4.69) is 6.92 Å². The fourth-order valence-electron chi connectivity index (χ4n) is 2.86. The summed E-state index contributed by atoms with van der Waals surface area (Å²) in [7, 11) is 0. The Morgan fingerprint density at radius 3 is 2.50 bits per heavy atom. The summed E-state index contributed by atoms with van der Waals surface area (Å²) >= 11 is 0. The quantitative estimate of drug-likeness (QED) is 0.872. The molecule has 1 aliphatic rings. The van der Waals surface area contributed by atoms with Gasteiger partial charge < -0.3 is 5.11 Å². The van der Waals surface area contributed by atoms with E-state index in [1.54, 1.807) is 6.07 Å². The van der Waals surface area contributed by atoms with Crippen LogP contribution in [-0.4, -0.2) is 11.1 Å². The topological polar surface area (TPSA) is 37.3 Å². The smallest absolute Gasteiger partial charge is 0.338 e. The number of aromatic carboxylic acids is 1. The van der Waals surface area contributed by atoms with Gasteiger partial charge in [0.05, 0.1) is 5.56 Å². The van der Waals surface area contributed by atoms with Crippen LogP contribution in [0.5, 0.6) is 0 Å². The average molecular weight is 250 g/mol. The first kappa shape index (κ1) is 13.1. The van der Waals surface area contributed by atoms with Crippen molar-refractivity contribution in [2.75, 3.05) is 0 Å². The number of carbonyl (C=O) groups is 1. The van der Waals surface area contributed by atoms with Crippen LogP contribution in [0.2, 0.25) is 0 Å². The molecule has 0 unspecified atom stereocenters. The Bertz CT molecular complexity index is 434. The minimum absolute atomic E-state index is 0.235. The zero-order chi connectivity index (χ0) is 13.1. The van der Waals surface area contributed by atoms with E-state index in [9.17, 15) is 9.18 Å². The third-order valence-electron chi connectivity index (χ3n) is 4.12. The molecule has 0 aliphatic heterocycles. The van der Waals surface area contributed by atoms with Crippen molar-refractivity contribution in [1.82, 2.24) is 0 Å². The third kappa shape index (κ3) is 2.71. The summed E-state index contributed by atoms with van der Waals surface area (Å²) in [6.07, 6.45) is 5.79. The molecule has 2 nitrogen and oxygen atoms in total. The van der Waals surface area contributed by atoms with Gasteiger partial charge in [0.25, 0.3) is 0 Å². The summed E-state index contributed by atoms with van der Waals surface area (Å²) in [6, 6.07) is 4.56. The Labute approximate surface area is 107 Å². The monoisotopic (exact) mass is 250 g/mol. The summed E-state index contributed by atoms with van der Waals surface area (Å²) in [5.41, 5.74) is 0.716. The Balaban J connectivity index is 2.11. The maximum Gasteiger partial charge on any atom is 0.338 e. The van der Waals surface area contributed by atoms with Crippen LogP contribution >= 0.6 is 0 Å². The molecule has 0 atom stereocenters. The lowest BCUT2D eigenvalue weighted by Gasteiger charge is -2.28. The molecule has 0 saturated heterocycles. The van der Waals surface area contributed by atoms with Crippen molar-refractivity contribution in [1.29, 1.82) is 0 Å². The number of hydrogen-bond donors (Lipinski definition) is 1. The van der Waals surface area contributed by atoms with E-state index >= 15 is 0 Å². The van der Waals surface area contributed by atoms with Crippen molar-refractivity contribution in [3.8, 4) is 0 Å². The van der Waals surface area contributed by atoms with Crippen LogP contribution in [0.3, 0.4) is 0 Å². The van der Waals surface area contributed by atoms with Gasteiger partial charge in [-0.3, -0.25) is 0 Å². The summed E-state index contributed by atoms with van der Waals surface area (Å²) < 4.78 is 13.6. The van der Waals surface area contributed by atoms with Gasteiger partial charge >= 0.3 is 5.97 Å². The van der Waals surface area contributed by atoms with Gasteiger partial charge in [-0.2, -0.15) is 0 Å². The molecular formula is C15H19FO2. The van der Waals surface area contributed by atoms with Crippen molar-refractivity contribution in [2.24, 2.45) is 5.92 Å². The number of carboxylic acid groups (broad SMARTS) is 1. The first-order valence-corrected chi connectivity index (χ1v) is 6.64. The molecule has 1 fully saturated rings. The van der Waals surface area contributed by atoms with Gasteiger partial charge in [-0.15, -0.1) is 0 Å². The maximum absolute atomic E-state index is 13.6. The standard InChI is InChI=1S/C15H19FO2/c1-2-10-3-5-11(6-4-10)12-7-8-13(15(17)18)14(16)9-12/h7-11H,2-6H2,1H3,(H,17,18). The van der Waals surface area contributed by atoms with Crippen LogP contribution < -0.4 is 0 Å². The van der Waals surface area contributed by atoms with Gasteiger partial charge in [-0.05, 0) is 55.2 Å². The molecular weight excluding hydrogens is 231 g/mol. The summed E-state index contributed by atoms with van der Waals surface area (Å²) in [6.45, 7) is 2.21. The molecule has 1 aliphatic carbocycles. The summed E-state index contributed by atoms with van der Waals surface area (Å²) in [4.78, 5) is 10.8. The highest BCUT2D eigenvalue weighted by molar-refractivity contribution is 5.87. The third-order valence-corrected chi connectivity index (χ3v) is 4.12. The first-order chi connectivity index (χ1) is 8.61. The van der Waals surface area contributed by atoms with E-state index in [0.29, 0.717) is 5.92 Å². The highest BCUT2D eigenvalue weighted by Gasteiger charge is 2.22. The number of hydrogen-bond acceptors (Lipinski definition) is 1. The maximum atomic E-state index is 13.6. The molecule has 2 rings (SSSR count). The van der Waals surface area contributed by atoms with Crippen LogP contribution in [-0.2, 0) is 0 Å². The first-order valence-electron chi connectivity index (χ1n) is 6.64. The fourth-order valence-corrected chi connectivity index (χ4v) is 2.86. The van der Waals surface area contributed by atoms with Gasteiger partial charge in [-0.25, -0.2) is 9.18 Å². The fraction of sp³-hybridized carbons (Fsp3) is 0.533. The Hall–Kier alpha value is -1.38. The molecule has 18 heavy (non-hydrogen) atoms. The predicted molar refractivity (Wildman–Crippen MR) is 68.3 cm³/mol. The largest absolute Gasteiger partial charge is 0.478 e. The van der Waals surface area contributed by atoms with E-state index in [4.69, 9.17) is 5.11 Å². The van der Waals surface area contributed by atoms with Crippen LogP contribution in [0.15, 0.2) is 18.2 Å². The molecule has 98 valence electrons. The van der Waals surface area contributed by atoms with Gasteiger partial charge in [0.1, 0.15) is 5.82 Å². The Morgan fingerprint density at radius 2 is 2.00 bits per heavy atom. The number of halogens is 1. The van der Waals surface area contributed by atoms with Crippen molar-refractivity contribution < 1.29 is 14.3 Å². The molecule has 1 saturated carbocycles. The second-order valence-electron chi connectivity index (χ2n) is 5.17. The second-order valence-corrected chi connectivity index (χ2v) is 5.17. The minimum Gasteiger partial charge on any atom is -0.478 e. The normalized spacial score (nSPS) is 23.9. The predicted octanol–water partition coefficient (Wildman–Crippen LogP) is 4.21. The molecule has 1 aromatic rings. The second kappa shape index (κ2) is 5.51. The molecule has 0 radical (unpaired) electrons. The van der Waals surface area contributed by atoms with Gasteiger partial charge in [0.2, 0.25) is 0 Å². The lowest BCUT2D eigenvalue weighted by molar-refractivity contribution is 0.0692. The SMILES string of the molecule is CCC1CCC(c2ccc(C(=O)O)c(F)c2)CC1. The van der Waals surface area contributed by atoms with Gasteiger partial charge in [0.15, 0.2) is 0 Å². The van der Waals surface area contributed by atoms with E-state index in [1.807, 2.05) is 0 Å². The highest BCUT2D eigenvalue weighted by atomic mass is 19.1. The van der Waals surface area contributed by atoms with Gasteiger partial charge in [-0.1, -0.05) is 19.4 Å². The molecule has 1 aromatic carbocycles. The lowest BCUT2D eigenvalue weighted by Crippen LogP contribution is -2.13. The molecule has 0 amide bonds. The van der Waals surface area contributed by atoms with Crippen molar-refractivity contribution in [2.45, 2.75) is 44.9 Å². The Morgan fingerprint density at radius 1 is 1.33 bits per heavy atom. The zero-order valence-electron chi connectivity index (χ0n) is 10.7. The molecule has 0 spiro atoms. The molecule has 0 heterocycles. The van der Waals surface area contributed by atoms with E-state index in [1.165, 1.54) is 31.4 Å². The van der Waals surface area contributed by atoms with Crippen LogP contribution in [0.1, 0.15) is 60.9 Å². The van der Waals surface area contributed by atoms with Crippen molar-refractivity contribution in [3.05, 3.63) is 35.1 Å². The number of carboxylic acids is 1. The zero-order valence-corrected chi connectivity index (χ0v) is 10.7. The van der Waals surface area contributed by atoms with E-state index < -0.39 is 11.8 Å². The minimum atomic E-state index is -1.20. The molecule has 0 bridgehead atoms. The van der Waals surface area contributed by atoms with Gasteiger partial charge in [0, 0.05) is 0 Å². The number of rotatable bonds is 3. The molecule has 0 aromatic heterocycles. The molecule has 1 N–H and O–H groups in total. The van der Waals surface area contributed by atoms with Crippen LogP contribution in [0.25, 0.3) is 0 Å². The Kier molecular flexibility index (Phi) is 4.00. The van der Waals surface area contributed by atoms with Crippen molar-refractivity contribution in [3.63, 3.8) is 0 Å². The summed E-state index contributed by atoms with van der Waals surface area (Å²) in [5, 5.41) is 8.79. The van der Waals surface area contributed by atoms with E-state index in [0.717, 1.165) is 24.3 Å². The van der Waals surface area contributed by atoms with Crippen LogP contribution in [0, 0.1) is 11.7 Å². The highest BCUT2D eigenvalue weighted by Crippen LogP contribution is 2.37. The number of benzene rings is 1. The van der Waals surface area contributed by atoms with Crippen LogP contribution in [0.4, 0.5) is 4.39 Å². The lowest BCUT2D eigenvalue weighted by atomic mass is 9.78. The summed E-state index contributed by atoms with van der Waals surface area (Å²) in [5.74, 6) is -0.610. The average Bonchev–Trinajstić information content (AvgIpc) is 2.38. The van der Waals surface area contributed by atoms with E-state index in [-0.39, 0.29) is 5.56 Å². The van der Waals surface area contributed by atoms with Crippen molar-refractivity contribution >= 4 is 5.97 Å². The molecule has 3 heteroatoms.